The van der Waals surface area contributed by atoms with Crippen molar-refractivity contribution in [3.63, 3.8) is 0 Å². The largest absolute Gasteiger partial charge is 0.394 e. The fraction of sp³-hybridized carbons (Fsp3) is 0.600. The molecule has 1 aromatic rings. The Kier molecular flexibility index (Phi) is 5.31. The summed E-state index contributed by atoms with van der Waals surface area (Å²) in [6.45, 7) is 4.89. The Labute approximate surface area is 89.8 Å². The fourth-order valence-electron chi connectivity index (χ4n) is 1.23. The van der Waals surface area contributed by atoms with E-state index in [0.29, 0.717) is 0 Å². The third kappa shape index (κ3) is 4.92. The van der Waals surface area contributed by atoms with Gasteiger partial charge in [-0.05, 0) is 19.9 Å². The molecule has 1 rings (SSSR count). The van der Waals surface area contributed by atoms with Crippen LogP contribution >= 0.6 is 0 Å². The number of aliphatic hydroxyl groups is 2. The molecule has 0 aliphatic carbocycles. The molecule has 5 heteroatoms. The first-order chi connectivity index (χ1) is 7.22. The molecule has 0 unspecified atom stereocenters. The van der Waals surface area contributed by atoms with E-state index in [4.69, 9.17) is 10.2 Å². The lowest BCUT2D eigenvalue weighted by Gasteiger charge is -2.08. The highest BCUT2D eigenvalue weighted by atomic mass is 16.3. The molecule has 0 aliphatic rings. The van der Waals surface area contributed by atoms with E-state index >= 15 is 0 Å². The first-order valence-electron chi connectivity index (χ1n) is 5.06. The first kappa shape index (κ1) is 12.2. The van der Waals surface area contributed by atoms with Gasteiger partial charge in [0.1, 0.15) is 0 Å². The van der Waals surface area contributed by atoms with E-state index in [1.165, 1.54) is 6.54 Å². The van der Waals surface area contributed by atoms with Crippen LogP contribution in [0.3, 0.4) is 0 Å². The maximum atomic E-state index is 8.99. The van der Waals surface area contributed by atoms with Crippen molar-refractivity contribution in [1.82, 2.24) is 14.9 Å². The second-order valence-corrected chi connectivity index (χ2v) is 3.48. The maximum Gasteiger partial charge on any atom is 0.0949 e. The van der Waals surface area contributed by atoms with Crippen LogP contribution in [0.4, 0.5) is 0 Å². The highest BCUT2D eigenvalue weighted by molar-refractivity contribution is 4.91. The molecule has 85 valence electrons. The zero-order valence-corrected chi connectivity index (χ0v) is 8.93. The summed E-state index contributed by atoms with van der Waals surface area (Å²) < 4.78 is 2.03. The number of aromatic nitrogens is 2. The van der Waals surface area contributed by atoms with E-state index in [-0.39, 0.29) is 6.61 Å². The summed E-state index contributed by atoms with van der Waals surface area (Å²) in [5.74, 6) is 0. The van der Waals surface area contributed by atoms with E-state index in [1.807, 2.05) is 24.0 Å². The number of hydrogen-bond donors (Lipinski definition) is 3. The average molecular weight is 212 g/mol. The molecule has 0 spiro atoms. The summed E-state index contributed by atoms with van der Waals surface area (Å²) in [5, 5.41) is 20.5. The lowest BCUT2D eigenvalue weighted by molar-refractivity contribution is 0.113. The molecule has 5 nitrogen and oxygen atoms in total. The maximum absolute atomic E-state index is 8.99. The molecule has 1 radical (unpaired) electrons. The molecule has 0 saturated heterocycles. The summed E-state index contributed by atoms with van der Waals surface area (Å²) in [6.07, 6.45) is 3.97. The number of hydrogen-bond acceptors (Lipinski definition) is 4. The zero-order chi connectivity index (χ0) is 11.1. The van der Waals surface area contributed by atoms with Gasteiger partial charge >= 0.3 is 0 Å². The van der Waals surface area contributed by atoms with Crippen LogP contribution in [-0.2, 0) is 6.54 Å². The molecule has 0 bridgehead atoms. The third-order valence-corrected chi connectivity index (χ3v) is 2.00. The van der Waals surface area contributed by atoms with E-state index in [0.717, 1.165) is 25.2 Å². The molecule has 1 atom stereocenters. The van der Waals surface area contributed by atoms with Gasteiger partial charge in [-0.1, -0.05) is 0 Å². The number of aryl methyl sites for hydroxylation is 2. The Morgan fingerprint density at radius 1 is 1.67 bits per heavy atom. The molecule has 0 saturated carbocycles. The summed E-state index contributed by atoms with van der Waals surface area (Å²) >= 11 is 0. The van der Waals surface area contributed by atoms with Gasteiger partial charge in [0.25, 0.3) is 0 Å². The topological polar surface area (TPSA) is 70.3 Å². The van der Waals surface area contributed by atoms with Gasteiger partial charge in [-0.3, -0.25) is 0 Å². The quantitative estimate of drug-likeness (QED) is 0.542. The van der Waals surface area contributed by atoms with E-state index in [9.17, 15) is 0 Å². The Hall–Kier alpha value is -0.910. The van der Waals surface area contributed by atoms with Crippen LogP contribution in [0.25, 0.3) is 0 Å². The summed E-state index contributed by atoms with van der Waals surface area (Å²) in [7, 11) is 0. The van der Waals surface area contributed by atoms with Crippen LogP contribution in [0.5, 0.6) is 0 Å². The van der Waals surface area contributed by atoms with Gasteiger partial charge in [-0.25, -0.2) is 4.98 Å². The van der Waals surface area contributed by atoms with E-state index < -0.39 is 6.10 Å². The molecular formula is C10H18N3O2. The molecule has 0 aromatic carbocycles. The van der Waals surface area contributed by atoms with Crippen molar-refractivity contribution in [1.29, 1.82) is 0 Å². The van der Waals surface area contributed by atoms with Gasteiger partial charge in [0.05, 0.1) is 31.3 Å². The monoisotopic (exact) mass is 212 g/mol. The highest BCUT2D eigenvalue weighted by Gasteiger charge is 2.00. The highest BCUT2D eigenvalue weighted by Crippen LogP contribution is 1.95. The molecule has 0 aliphatic heterocycles. The summed E-state index contributed by atoms with van der Waals surface area (Å²) in [4.78, 5) is 4.12. The minimum Gasteiger partial charge on any atom is -0.394 e. The van der Waals surface area contributed by atoms with Gasteiger partial charge in [0.15, 0.2) is 0 Å². The smallest absolute Gasteiger partial charge is 0.0949 e. The van der Waals surface area contributed by atoms with Gasteiger partial charge in [-0.2, -0.15) is 0 Å². The molecule has 3 N–H and O–H groups in total. The lowest BCUT2D eigenvalue weighted by atomic mass is 10.3. The minimum atomic E-state index is -0.777. The Balaban J connectivity index is 2.02. The zero-order valence-electron chi connectivity index (χ0n) is 8.93. The molecule has 0 amide bonds. The predicted octanol–water partition coefficient (Wildman–Crippen LogP) is -0.314. The second-order valence-electron chi connectivity index (χ2n) is 3.48. The van der Waals surface area contributed by atoms with Gasteiger partial charge in [0.2, 0.25) is 0 Å². The van der Waals surface area contributed by atoms with Crippen LogP contribution < -0.4 is 5.32 Å². The molecule has 1 aromatic heterocycles. The standard InChI is InChI=1S/C10H18N3O2/c1-9-6-13(8-12-9)4-2-3-11-5-10(15)7-14/h5-6,8,10-11,14-15H,2-4,7H2,1H3/t10-/m1/s1. The van der Waals surface area contributed by atoms with Crippen LogP contribution in [0.15, 0.2) is 12.5 Å². The molecular weight excluding hydrogens is 194 g/mol. The predicted molar refractivity (Wildman–Crippen MR) is 57.0 cm³/mol. The Morgan fingerprint density at radius 2 is 2.47 bits per heavy atom. The van der Waals surface area contributed by atoms with Crippen LogP contribution in [-0.4, -0.2) is 39.0 Å². The third-order valence-electron chi connectivity index (χ3n) is 2.00. The van der Waals surface area contributed by atoms with Gasteiger partial charge in [-0.15, -0.1) is 0 Å². The normalized spacial score (nSPS) is 13.0. The van der Waals surface area contributed by atoms with Crippen LogP contribution in [0.2, 0.25) is 0 Å². The van der Waals surface area contributed by atoms with E-state index in [2.05, 4.69) is 10.3 Å². The second kappa shape index (κ2) is 6.55. The van der Waals surface area contributed by atoms with Crippen LogP contribution in [0.1, 0.15) is 12.1 Å². The Bertz CT molecular complexity index is 275. The minimum absolute atomic E-state index is 0.242. The molecule has 1 heterocycles. The lowest BCUT2D eigenvalue weighted by Crippen LogP contribution is -2.24. The van der Waals surface area contributed by atoms with E-state index in [1.54, 1.807) is 0 Å². The number of nitrogens with one attached hydrogen (secondary N) is 1. The SMILES string of the molecule is Cc1cn(CCCN[CH][C@@H](O)CO)cn1. The number of rotatable bonds is 7. The number of nitrogens with zero attached hydrogens (tertiary/aromatic N) is 2. The van der Waals surface area contributed by atoms with Crippen molar-refractivity contribution in [2.45, 2.75) is 26.0 Å². The first-order valence-corrected chi connectivity index (χ1v) is 5.06. The number of imidazole rings is 1. The van der Waals surface area contributed by atoms with Crippen molar-refractivity contribution in [2.75, 3.05) is 13.2 Å². The average Bonchev–Trinajstić information content (AvgIpc) is 2.63. The molecule has 15 heavy (non-hydrogen) atoms. The van der Waals surface area contributed by atoms with Crippen molar-refractivity contribution in [3.8, 4) is 0 Å². The fourth-order valence-corrected chi connectivity index (χ4v) is 1.23. The Morgan fingerprint density at radius 3 is 3.07 bits per heavy atom. The van der Waals surface area contributed by atoms with Crippen molar-refractivity contribution < 1.29 is 10.2 Å². The van der Waals surface area contributed by atoms with Crippen molar-refractivity contribution in [2.24, 2.45) is 0 Å². The number of aliphatic hydroxyl groups excluding tert-OH is 2. The van der Waals surface area contributed by atoms with Gasteiger partial charge in [0, 0.05) is 12.7 Å². The molecule has 0 fully saturated rings. The van der Waals surface area contributed by atoms with Crippen molar-refractivity contribution in [3.05, 3.63) is 24.8 Å². The summed E-state index contributed by atoms with van der Waals surface area (Å²) in [5.41, 5.74) is 1.02. The van der Waals surface area contributed by atoms with Gasteiger partial charge < -0.3 is 20.1 Å². The van der Waals surface area contributed by atoms with Crippen LogP contribution in [0, 0.1) is 13.5 Å². The van der Waals surface area contributed by atoms with Crippen molar-refractivity contribution >= 4 is 0 Å². The summed E-state index contributed by atoms with van der Waals surface area (Å²) in [6, 6.07) is 0.